The summed E-state index contributed by atoms with van der Waals surface area (Å²) in [6, 6.07) is 10.7. The Kier molecular flexibility index (Phi) is 5.54. The first-order chi connectivity index (χ1) is 14.0. The monoisotopic (exact) mass is 399 g/mol. The van der Waals surface area contributed by atoms with Gasteiger partial charge in [-0.15, -0.1) is 0 Å². The third-order valence-corrected chi connectivity index (χ3v) is 5.90. The van der Waals surface area contributed by atoms with Gasteiger partial charge in [-0.25, -0.2) is 15.2 Å². The summed E-state index contributed by atoms with van der Waals surface area (Å²) in [5.74, 6) is -0.508. The van der Waals surface area contributed by atoms with E-state index in [2.05, 4.69) is 10.9 Å². The number of nitrogens with zero attached hydrogens (tertiary/aromatic N) is 1. The number of methoxy groups -OCH3 is 1. The number of carbonyl (C=O) groups is 1. The number of phenols is 1. The number of aryl methyl sites for hydroxylation is 1. The fourth-order valence-corrected chi connectivity index (χ4v) is 4.61. The van der Waals surface area contributed by atoms with Crippen LogP contribution in [-0.4, -0.2) is 42.2 Å². The van der Waals surface area contributed by atoms with Gasteiger partial charge in [-0.3, -0.25) is 4.79 Å². The molecule has 0 radical (unpaired) electrons. The van der Waals surface area contributed by atoms with Crippen molar-refractivity contribution in [1.82, 2.24) is 15.8 Å². The predicted octanol–water partition coefficient (Wildman–Crippen LogP) is 2.59. The molecule has 2 saturated heterocycles. The number of hydrazine groups is 1. The lowest BCUT2D eigenvalue weighted by Gasteiger charge is -2.31. The molecule has 3 N–H and O–H groups in total. The van der Waals surface area contributed by atoms with E-state index in [-0.39, 0.29) is 29.4 Å². The summed E-state index contributed by atoms with van der Waals surface area (Å²) in [6.45, 7) is 2.96. The highest BCUT2D eigenvalue weighted by atomic mass is 19.1. The van der Waals surface area contributed by atoms with Crippen molar-refractivity contribution in [3.8, 4) is 5.75 Å². The van der Waals surface area contributed by atoms with Crippen molar-refractivity contribution in [2.24, 2.45) is 5.92 Å². The Hall–Kier alpha value is -2.48. The minimum atomic E-state index is -0.493. The van der Waals surface area contributed by atoms with Crippen molar-refractivity contribution in [3.05, 3.63) is 65.0 Å². The van der Waals surface area contributed by atoms with Gasteiger partial charge in [0.2, 0.25) is 5.91 Å². The molecule has 29 heavy (non-hydrogen) atoms. The quantitative estimate of drug-likeness (QED) is 0.651. The van der Waals surface area contributed by atoms with Crippen LogP contribution in [-0.2, 0) is 9.53 Å². The third kappa shape index (κ3) is 3.50. The van der Waals surface area contributed by atoms with Gasteiger partial charge in [-0.1, -0.05) is 35.9 Å². The Labute approximate surface area is 169 Å². The van der Waals surface area contributed by atoms with Crippen LogP contribution in [0.25, 0.3) is 0 Å². The zero-order valence-electron chi connectivity index (χ0n) is 16.6. The van der Waals surface area contributed by atoms with E-state index in [0.717, 1.165) is 5.56 Å². The maximum absolute atomic E-state index is 14.8. The number of benzene rings is 2. The molecule has 2 aliphatic heterocycles. The second kappa shape index (κ2) is 8.10. The molecule has 0 spiro atoms. The van der Waals surface area contributed by atoms with Gasteiger partial charge in [0, 0.05) is 37.3 Å². The number of fused-ring (bicyclic) bond motifs is 1. The zero-order valence-corrected chi connectivity index (χ0v) is 16.6. The molecule has 2 aliphatic rings. The van der Waals surface area contributed by atoms with Crippen LogP contribution in [0.3, 0.4) is 0 Å². The van der Waals surface area contributed by atoms with Crippen LogP contribution in [0.1, 0.15) is 35.2 Å². The normalized spacial score (nSPS) is 26.2. The van der Waals surface area contributed by atoms with E-state index in [4.69, 9.17) is 4.74 Å². The van der Waals surface area contributed by atoms with Crippen molar-refractivity contribution in [2.75, 3.05) is 20.3 Å². The zero-order chi connectivity index (χ0) is 20.5. The summed E-state index contributed by atoms with van der Waals surface area (Å²) < 4.78 is 19.9. The minimum Gasteiger partial charge on any atom is -0.508 e. The molecular formula is C22H26FN3O3. The molecule has 0 bridgehead atoms. The molecule has 2 aromatic carbocycles. The van der Waals surface area contributed by atoms with Crippen LogP contribution in [0.5, 0.6) is 5.75 Å². The topological polar surface area (TPSA) is 73.8 Å². The summed E-state index contributed by atoms with van der Waals surface area (Å²) in [5.41, 5.74) is 8.48. The molecule has 154 valence electrons. The number of ether oxygens (including phenoxy) is 1. The van der Waals surface area contributed by atoms with E-state index < -0.39 is 12.1 Å². The van der Waals surface area contributed by atoms with E-state index in [1.165, 1.54) is 6.07 Å². The van der Waals surface area contributed by atoms with E-state index in [1.807, 2.05) is 19.1 Å². The Morgan fingerprint density at radius 1 is 1.14 bits per heavy atom. The van der Waals surface area contributed by atoms with Crippen molar-refractivity contribution in [3.63, 3.8) is 0 Å². The van der Waals surface area contributed by atoms with Gasteiger partial charge in [0.25, 0.3) is 0 Å². The lowest BCUT2D eigenvalue weighted by atomic mass is 9.82. The largest absolute Gasteiger partial charge is 0.508 e. The van der Waals surface area contributed by atoms with Gasteiger partial charge < -0.3 is 14.7 Å². The van der Waals surface area contributed by atoms with Crippen LogP contribution in [0, 0.1) is 18.7 Å². The molecule has 4 atom stereocenters. The van der Waals surface area contributed by atoms with Crippen LogP contribution < -0.4 is 10.9 Å². The van der Waals surface area contributed by atoms with E-state index >= 15 is 0 Å². The van der Waals surface area contributed by atoms with Crippen LogP contribution in [0.4, 0.5) is 4.39 Å². The Morgan fingerprint density at radius 2 is 1.90 bits per heavy atom. The van der Waals surface area contributed by atoms with Crippen LogP contribution in [0.15, 0.2) is 42.5 Å². The third-order valence-electron chi connectivity index (χ3n) is 5.90. The van der Waals surface area contributed by atoms with E-state index in [9.17, 15) is 14.3 Å². The Bertz CT molecular complexity index is 907. The molecule has 2 heterocycles. The minimum absolute atomic E-state index is 0.0681. The summed E-state index contributed by atoms with van der Waals surface area (Å²) in [4.78, 5) is 15.0. The van der Waals surface area contributed by atoms with Crippen LogP contribution >= 0.6 is 0 Å². The van der Waals surface area contributed by atoms with Gasteiger partial charge in [-0.05, 0) is 25.5 Å². The lowest BCUT2D eigenvalue weighted by molar-refractivity contribution is -0.131. The molecule has 6 nitrogen and oxygen atoms in total. The van der Waals surface area contributed by atoms with Crippen molar-refractivity contribution in [2.45, 2.75) is 31.5 Å². The number of nitrogens with one attached hydrogen (secondary N) is 2. The molecule has 2 aromatic rings. The van der Waals surface area contributed by atoms with E-state index in [0.29, 0.717) is 30.7 Å². The van der Waals surface area contributed by atoms with Crippen LogP contribution in [0.2, 0.25) is 0 Å². The Balaban J connectivity index is 1.76. The second-order valence-corrected chi connectivity index (χ2v) is 7.73. The second-order valence-electron chi connectivity index (χ2n) is 7.73. The lowest BCUT2D eigenvalue weighted by Crippen LogP contribution is -2.42. The maximum atomic E-state index is 14.8. The molecular weight excluding hydrogens is 373 g/mol. The molecule has 4 rings (SSSR count). The first kappa shape index (κ1) is 19.8. The predicted molar refractivity (Wildman–Crippen MR) is 106 cm³/mol. The van der Waals surface area contributed by atoms with Gasteiger partial charge in [0.1, 0.15) is 17.6 Å². The summed E-state index contributed by atoms with van der Waals surface area (Å²) in [5, 5.41) is 10.5. The SMILES string of the molecule is COCCCN1C(=O)C2NNC(c3cc(C)ccc3O)C2C1c1ccccc1F. The van der Waals surface area contributed by atoms with Gasteiger partial charge >= 0.3 is 0 Å². The Morgan fingerprint density at radius 3 is 2.66 bits per heavy atom. The van der Waals surface area contributed by atoms with E-state index in [1.54, 1.807) is 36.3 Å². The molecule has 0 aliphatic carbocycles. The fraction of sp³-hybridized carbons (Fsp3) is 0.409. The number of hydrogen-bond acceptors (Lipinski definition) is 5. The van der Waals surface area contributed by atoms with Gasteiger partial charge in [0.05, 0.1) is 12.1 Å². The van der Waals surface area contributed by atoms with Crippen molar-refractivity contribution >= 4 is 5.91 Å². The number of rotatable bonds is 6. The van der Waals surface area contributed by atoms with Gasteiger partial charge in [-0.2, -0.15) is 0 Å². The molecule has 4 unspecified atom stereocenters. The summed E-state index contributed by atoms with van der Waals surface area (Å²) >= 11 is 0. The number of halogens is 1. The number of aromatic hydroxyl groups is 1. The highest BCUT2D eigenvalue weighted by molar-refractivity contribution is 5.86. The van der Waals surface area contributed by atoms with Crippen molar-refractivity contribution < 1.29 is 19.0 Å². The molecule has 0 saturated carbocycles. The first-order valence-corrected chi connectivity index (χ1v) is 9.87. The number of carbonyl (C=O) groups excluding carboxylic acids is 1. The maximum Gasteiger partial charge on any atom is 0.242 e. The summed E-state index contributed by atoms with van der Waals surface area (Å²) in [6.07, 6.45) is 0.667. The standard InChI is InChI=1S/C22H26FN3O3/c1-13-8-9-17(27)15(12-13)19-18-20(25-24-19)22(28)26(10-5-11-29-2)21(18)14-6-3-4-7-16(14)23/h3-4,6-9,12,18-21,24-25,27H,5,10-11H2,1-2H3. The molecule has 7 heteroatoms. The first-order valence-electron chi connectivity index (χ1n) is 9.87. The molecule has 1 amide bonds. The number of hydrogen-bond donors (Lipinski definition) is 3. The number of likely N-dealkylation sites (tertiary alicyclic amines) is 1. The van der Waals surface area contributed by atoms with Crippen molar-refractivity contribution in [1.29, 1.82) is 0 Å². The molecule has 2 fully saturated rings. The highest BCUT2D eigenvalue weighted by Crippen LogP contribution is 2.49. The fourth-order valence-electron chi connectivity index (χ4n) is 4.61. The molecule has 0 aromatic heterocycles. The number of phenolic OH excluding ortho intramolecular Hbond substituents is 1. The number of amides is 1. The average molecular weight is 399 g/mol. The van der Waals surface area contributed by atoms with Gasteiger partial charge in [0.15, 0.2) is 0 Å². The smallest absolute Gasteiger partial charge is 0.242 e. The summed E-state index contributed by atoms with van der Waals surface area (Å²) in [7, 11) is 1.62. The average Bonchev–Trinajstić information content (AvgIpc) is 3.24. The highest BCUT2D eigenvalue weighted by Gasteiger charge is 2.56.